The molecule has 16 heavy (non-hydrogen) atoms. The molecule has 3 nitrogen and oxygen atoms in total. The Hall–Kier alpha value is -1.51. The molecule has 0 spiro atoms. The summed E-state index contributed by atoms with van der Waals surface area (Å²) in [6, 6.07) is 5.17. The molecule has 0 amide bonds. The molecule has 0 heterocycles. The first-order valence-electron chi connectivity index (χ1n) is 5.68. The van der Waals surface area contributed by atoms with Crippen molar-refractivity contribution >= 4 is 5.97 Å². The third-order valence-electron chi connectivity index (χ3n) is 2.42. The van der Waals surface area contributed by atoms with Gasteiger partial charge in [0.15, 0.2) is 0 Å². The second kappa shape index (κ2) is 6.16. The molecule has 0 fully saturated rings. The van der Waals surface area contributed by atoms with Gasteiger partial charge in [0.1, 0.15) is 5.75 Å². The van der Waals surface area contributed by atoms with E-state index in [1.165, 1.54) is 0 Å². The predicted octanol–water partition coefficient (Wildman–Crippen LogP) is 3.13. The first-order chi connectivity index (χ1) is 7.69. The zero-order valence-corrected chi connectivity index (χ0v) is 9.82. The van der Waals surface area contributed by atoms with Crippen molar-refractivity contribution in [1.82, 2.24) is 0 Å². The number of carboxylic acids is 1. The van der Waals surface area contributed by atoms with Crippen molar-refractivity contribution in [3.05, 3.63) is 29.3 Å². The lowest BCUT2D eigenvalue weighted by Crippen LogP contribution is -2.03. The Bertz CT molecular complexity index is 358. The summed E-state index contributed by atoms with van der Waals surface area (Å²) in [5.74, 6) is -0.118. The lowest BCUT2D eigenvalue weighted by atomic mass is 10.0. The third kappa shape index (κ3) is 3.26. The van der Waals surface area contributed by atoms with Gasteiger partial charge < -0.3 is 9.84 Å². The number of rotatable bonds is 6. The second-order valence-electron chi connectivity index (χ2n) is 3.66. The van der Waals surface area contributed by atoms with Gasteiger partial charge in [-0.1, -0.05) is 13.3 Å². The van der Waals surface area contributed by atoms with Crippen molar-refractivity contribution in [1.29, 1.82) is 0 Å². The van der Waals surface area contributed by atoms with Crippen LogP contribution in [0.15, 0.2) is 18.2 Å². The summed E-state index contributed by atoms with van der Waals surface area (Å²) in [5, 5.41) is 9.04. The molecule has 1 rings (SSSR count). The largest absolute Gasteiger partial charge is 0.494 e. The lowest BCUT2D eigenvalue weighted by molar-refractivity contribution is 0.0695. The molecule has 0 bridgehead atoms. The molecule has 1 N–H and O–H groups in total. The SMILES string of the molecule is CCCCc1cc(OCC)ccc1C(=O)O. The van der Waals surface area contributed by atoms with E-state index < -0.39 is 5.97 Å². The third-order valence-corrected chi connectivity index (χ3v) is 2.42. The average Bonchev–Trinajstić information content (AvgIpc) is 2.26. The summed E-state index contributed by atoms with van der Waals surface area (Å²) >= 11 is 0. The number of unbranched alkanes of at least 4 members (excludes halogenated alkanes) is 1. The number of carbonyl (C=O) groups is 1. The number of ether oxygens (including phenoxy) is 1. The molecule has 0 aromatic heterocycles. The molecular formula is C13H18O3. The van der Waals surface area contributed by atoms with Gasteiger partial charge in [-0.15, -0.1) is 0 Å². The number of benzene rings is 1. The molecular weight excluding hydrogens is 204 g/mol. The van der Waals surface area contributed by atoms with Gasteiger partial charge in [-0.05, 0) is 43.5 Å². The van der Waals surface area contributed by atoms with Gasteiger partial charge in [0.05, 0.1) is 12.2 Å². The minimum absolute atomic E-state index is 0.386. The van der Waals surface area contributed by atoms with Crippen LogP contribution >= 0.6 is 0 Å². The fourth-order valence-corrected chi connectivity index (χ4v) is 1.61. The quantitative estimate of drug-likeness (QED) is 0.804. The topological polar surface area (TPSA) is 46.5 Å². The Morgan fingerprint density at radius 3 is 2.69 bits per heavy atom. The van der Waals surface area contributed by atoms with Gasteiger partial charge in [0, 0.05) is 0 Å². The van der Waals surface area contributed by atoms with Gasteiger partial charge in [-0.3, -0.25) is 0 Å². The number of aromatic carboxylic acids is 1. The molecule has 0 radical (unpaired) electrons. The Morgan fingerprint density at radius 1 is 1.38 bits per heavy atom. The monoisotopic (exact) mass is 222 g/mol. The lowest BCUT2D eigenvalue weighted by Gasteiger charge is -2.09. The highest BCUT2D eigenvalue weighted by atomic mass is 16.5. The van der Waals surface area contributed by atoms with Crippen molar-refractivity contribution in [3.63, 3.8) is 0 Å². The van der Waals surface area contributed by atoms with Gasteiger partial charge >= 0.3 is 5.97 Å². The van der Waals surface area contributed by atoms with Crippen molar-refractivity contribution in [2.45, 2.75) is 33.1 Å². The van der Waals surface area contributed by atoms with Gasteiger partial charge in [-0.2, -0.15) is 0 Å². The van der Waals surface area contributed by atoms with Crippen LogP contribution in [0.3, 0.4) is 0 Å². The van der Waals surface area contributed by atoms with E-state index in [1.807, 2.05) is 13.0 Å². The van der Waals surface area contributed by atoms with Gasteiger partial charge in [0.25, 0.3) is 0 Å². The van der Waals surface area contributed by atoms with Crippen molar-refractivity contribution in [2.24, 2.45) is 0 Å². The summed E-state index contributed by atoms with van der Waals surface area (Å²) < 4.78 is 5.37. The molecule has 0 aliphatic heterocycles. The van der Waals surface area contributed by atoms with E-state index >= 15 is 0 Å². The molecule has 0 aliphatic rings. The fourth-order valence-electron chi connectivity index (χ4n) is 1.61. The normalized spacial score (nSPS) is 10.1. The summed E-state index contributed by atoms with van der Waals surface area (Å²) in [6.07, 6.45) is 2.84. The Labute approximate surface area is 96.1 Å². The van der Waals surface area contributed by atoms with Crippen molar-refractivity contribution < 1.29 is 14.6 Å². The minimum Gasteiger partial charge on any atom is -0.494 e. The Morgan fingerprint density at radius 2 is 2.12 bits per heavy atom. The average molecular weight is 222 g/mol. The summed E-state index contributed by atoms with van der Waals surface area (Å²) in [4.78, 5) is 11.0. The maximum Gasteiger partial charge on any atom is 0.335 e. The first-order valence-corrected chi connectivity index (χ1v) is 5.68. The molecule has 88 valence electrons. The van der Waals surface area contributed by atoms with E-state index in [-0.39, 0.29) is 0 Å². The predicted molar refractivity (Wildman–Crippen MR) is 63.2 cm³/mol. The van der Waals surface area contributed by atoms with Crippen LogP contribution in [0.2, 0.25) is 0 Å². The standard InChI is InChI=1S/C13H18O3/c1-3-5-6-10-9-11(16-4-2)7-8-12(10)13(14)15/h7-9H,3-6H2,1-2H3,(H,14,15). The Balaban J connectivity index is 2.95. The van der Waals surface area contributed by atoms with Crippen LogP contribution in [-0.2, 0) is 6.42 Å². The molecule has 0 aliphatic carbocycles. The summed E-state index contributed by atoms with van der Waals surface area (Å²) in [6.45, 7) is 4.60. The molecule has 0 unspecified atom stereocenters. The second-order valence-corrected chi connectivity index (χ2v) is 3.66. The van der Waals surface area contributed by atoms with Crippen LogP contribution in [-0.4, -0.2) is 17.7 Å². The van der Waals surface area contributed by atoms with Crippen LogP contribution in [0.1, 0.15) is 42.6 Å². The highest BCUT2D eigenvalue weighted by Crippen LogP contribution is 2.20. The Kier molecular flexibility index (Phi) is 4.83. The molecule has 0 atom stereocenters. The van der Waals surface area contributed by atoms with E-state index in [2.05, 4.69) is 6.92 Å². The van der Waals surface area contributed by atoms with E-state index in [9.17, 15) is 4.79 Å². The number of carboxylic acid groups (broad SMARTS) is 1. The zero-order chi connectivity index (χ0) is 12.0. The van der Waals surface area contributed by atoms with E-state index in [4.69, 9.17) is 9.84 Å². The molecule has 3 heteroatoms. The maximum absolute atomic E-state index is 11.0. The highest BCUT2D eigenvalue weighted by molar-refractivity contribution is 5.89. The van der Waals surface area contributed by atoms with E-state index in [1.54, 1.807) is 12.1 Å². The number of aryl methyl sites for hydroxylation is 1. The van der Waals surface area contributed by atoms with E-state index in [0.717, 1.165) is 30.6 Å². The van der Waals surface area contributed by atoms with Crippen LogP contribution in [0.25, 0.3) is 0 Å². The number of hydrogen-bond acceptors (Lipinski definition) is 2. The van der Waals surface area contributed by atoms with Gasteiger partial charge in [0.2, 0.25) is 0 Å². The highest BCUT2D eigenvalue weighted by Gasteiger charge is 2.10. The zero-order valence-electron chi connectivity index (χ0n) is 9.82. The van der Waals surface area contributed by atoms with Crippen LogP contribution in [0, 0.1) is 0 Å². The van der Waals surface area contributed by atoms with Crippen LogP contribution in [0.4, 0.5) is 0 Å². The van der Waals surface area contributed by atoms with Crippen LogP contribution < -0.4 is 4.74 Å². The molecule has 0 saturated heterocycles. The van der Waals surface area contributed by atoms with E-state index in [0.29, 0.717) is 12.2 Å². The van der Waals surface area contributed by atoms with Crippen molar-refractivity contribution in [3.8, 4) is 5.75 Å². The first kappa shape index (κ1) is 12.6. The number of hydrogen-bond donors (Lipinski definition) is 1. The van der Waals surface area contributed by atoms with Gasteiger partial charge in [-0.25, -0.2) is 4.79 Å². The smallest absolute Gasteiger partial charge is 0.335 e. The molecule has 1 aromatic rings. The molecule has 0 saturated carbocycles. The minimum atomic E-state index is -0.867. The summed E-state index contributed by atoms with van der Waals surface area (Å²) in [5.41, 5.74) is 1.25. The maximum atomic E-state index is 11.0. The molecule has 1 aromatic carbocycles. The summed E-state index contributed by atoms with van der Waals surface area (Å²) in [7, 11) is 0. The van der Waals surface area contributed by atoms with Crippen LogP contribution in [0.5, 0.6) is 5.75 Å². The van der Waals surface area contributed by atoms with Crippen molar-refractivity contribution in [2.75, 3.05) is 6.61 Å². The fraction of sp³-hybridized carbons (Fsp3) is 0.462.